The predicted molar refractivity (Wildman–Crippen MR) is 386 cm³/mol. The highest BCUT2D eigenvalue weighted by Gasteiger charge is 2.30. The van der Waals surface area contributed by atoms with Gasteiger partial charge in [-0.2, -0.15) is 0 Å². The van der Waals surface area contributed by atoms with Gasteiger partial charge in [0.15, 0.2) is 12.2 Å². The number of carbonyl (C=O) groups is 4. The highest BCUT2D eigenvalue weighted by molar-refractivity contribution is 7.47. The summed E-state index contributed by atoms with van der Waals surface area (Å²) in [5.74, 6) is -0.692. The van der Waals surface area contributed by atoms with Gasteiger partial charge in [0, 0.05) is 25.7 Å². The lowest BCUT2D eigenvalue weighted by atomic mass is 10.0. The maximum absolute atomic E-state index is 13.1. The zero-order chi connectivity index (χ0) is 70.0. The maximum Gasteiger partial charge on any atom is 0.472 e. The van der Waals surface area contributed by atoms with E-state index in [1.807, 2.05) is 0 Å². The van der Waals surface area contributed by atoms with Crippen LogP contribution in [0.15, 0.2) is 48.6 Å². The largest absolute Gasteiger partial charge is 0.472 e. The van der Waals surface area contributed by atoms with Crippen molar-refractivity contribution < 1.29 is 80.2 Å². The molecule has 3 N–H and O–H groups in total. The van der Waals surface area contributed by atoms with E-state index in [-0.39, 0.29) is 25.7 Å². The van der Waals surface area contributed by atoms with E-state index in [0.29, 0.717) is 25.7 Å². The third-order valence-electron chi connectivity index (χ3n) is 16.5. The Kier molecular flexibility index (Phi) is 64.8. The van der Waals surface area contributed by atoms with Gasteiger partial charge in [-0.3, -0.25) is 37.3 Å². The topological polar surface area (TPSA) is 237 Å². The summed E-state index contributed by atoms with van der Waals surface area (Å²) in [6, 6.07) is 0. The average molecular weight is 1390 g/mol. The van der Waals surface area contributed by atoms with Crippen molar-refractivity contribution in [3.05, 3.63) is 48.6 Å². The van der Waals surface area contributed by atoms with Crippen LogP contribution in [0.5, 0.6) is 0 Å². The van der Waals surface area contributed by atoms with E-state index >= 15 is 0 Å². The summed E-state index contributed by atoms with van der Waals surface area (Å²) in [4.78, 5) is 72.8. The fraction of sp³-hybridized carbons (Fsp3) is 0.842. The molecule has 2 unspecified atom stereocenters. The summed E-state index contributed by atoms with van der Waals surface area (Å²) < 4.78 is 68.4. The minimum Gasteiger partial charge on any atom is -0.462 e. The summed E-state index contributed by atoms with van der Waals surface area (Å²) in [6.07, 6.45) is 59.9. The number of phosphoric acid groups is 2. The normalized spacial score (nSPS) is 14.3. The number of rotatable bonds is 71. The van der Waals surface area contributed by atoms with Gasteiger partial charge in [0.05, 0.1) is 26.4 Å². The third-order valence-corrected chi connectivity index (χ3v) is 18.4. The molecule has 556 valence electrons. The molecule has 0 bridgehead atoms. The average Bonchev–Trinajstić information content (AvgIpc) is 1.76. The molecule has 0 heterocycles. The van der Waals surface area contributed by atoms with Crippen LogP contribution < -0.4 is 0 Å². The van der Waals surface area contributed by atoms with Gasteiger partial charge >= 0.3 is 39.5 Å². The number of hydrogen-bond acceptors (Lipinski definition) is 15. The molecule has 95 heavy (non-hydrogen) atoms. The van der Waals surface area contributed by atoms with Crippen molar-refractivity contribution in [3.63, 3.8) is 0 Å². The van der Waals surface area contributed by atoms with Gasteiger partial charge in [-0.1, -0.05) is 289 Å². The van der Waals surface area contributed by atoms with E-state index in [0.717, 1.165) is 134 Å². The van der Waals surface area contributed by atoms with E-state index in [4.69, 9.17) is 37.0 Å². The third kappa shape index (κ3) is 69.3. The fourth-order valence-electron chi connectivity index (χ4n) is 10.6. The first-order valence-electron chi connectivity index (χ1n) is 38.1. The van der Waals surface area contributed by atoms with Crippen molar-refractivity contribution in [2.75, 3.05) is 39.6 Å². The second-order valence-electron chi connectivity index (χ2n) is 27.0. The van der Waals surface area contributed by atoms with Crippen LogP contribution in [0, 0.1) is 11.8 Å². The Balaban J connectivity index is 5.33. The van der Waals surface area contributed by atoms with E-state index < -0.39 is 97.5 Å². The molecular formula is C76H140O17P2. The van der Waals surface area contributed by atoms with Crippen LogP contribution in [0.4, 0.5) is 0 Å². The molecule has 0 radical (unpaired) electrons. The lowest BCUT2D eigenvalue weighted by Crippen LogP contribution is -2.30. The van der Waals surface area contributed by atoms with E-state index in [1.165, 1.54) is 128 Å². The molecule has 0 aliphatic rings. The molecule has 0 fully saturated rings. The van der Waals surface area contributed by atoms with E-state index in [1.54, 1.807) is 0 Å². The van der Waals surface area contributed by atoms with Crippen LogP contribution in [-0.4, -0.2) is 96.7 Å². The van der Waals surface area contributed by atoms with Crippen LogP contribution in [0.1, 0.15) is 343 Å². The number of esters is 4. The second-order valence-corrected chi connectivity index (χ2v) is 29.9. The van der Waals surface area contributed by atoms with Crippen LogP contribution in [0.3, 0.4) is 0 Å². The number of allylic oxidation sites excluding steroid dienone is 8. The number of aliphatic hydroxyl groups excluding tert-OH is 1. The lowest BCUT2D eigenvalue weighted by molar-refractivity contribution is -0.161. The fourth-order valence-corrected chi connectivity index (χ4v) is 12.2. The number of phosphoric ester groups is 2. The molecule has 0 aromatic rings. The number of hydrogen-bond donors (Lipinski definition) is 3. The van der Waals surface area contributed by atoms with Gasteiger partial charge in [-0.15, -0.1) is 0 Å². The molecule has 0 spiro atoms. The summed E-state index contributed by atoms with van der Waals surface area (Å²) >= 11 is 0. The van der Waals surface area contributed by atoms with Gasteiger partial charge in [-0.25, -0.2) is 9.13 Å². The predicted octanol–water partition coefficient (Wildman–Crippen LogP) is 21.4. The monoisotopic (exact) mass is 1390 g/mol. The second kappa shape index (κ2) is 66.9. The molecule has 19 heteroatoms. The minimum absolute atomic E-state index is 0.0779. The molecule has 0 aliphatic carbocycles. The summed E-state index contributed by atoms with van der Waals surface area (Å²) in [5, 5.41) is 10.6. The molecule has 0 saturated heterocycles. The molecule has 17 nitrogen and oxygen atoms in total. The van der Waals surface area contributed by atoms with Crippen molar-refractivity contribution in [2.45, 2.75) is 362 Å². The van der Waals surface area contributed by atoms with Crippen molar-refractivity contribution in [1.29, 1.82) is 0 Å². The smallest absolute Gasteiger partial charge is 0.462 e. The van der Waals surface area contributed by atoms with Gasteiger partial charge in [0.1, 0.15) is 19.3 Å². The molecule has 0 saturated carbocycles. The number of ether oxygens (including phenoxy) is 4. The summed E-state index contributed by atoms with van der Waals surface area (Å²) in [6.45, 7) is 9.42. The van der Waals surface area contributed by atoms with Gasteiger partial charge < -0.3 is 33.8 Å². The molecule has 0 rings (SSSR count). The zero-order valence-corrected chi connectivity index (χ0v) is 62.7. The Labute approximate surface area is 578 Å². The first-order chi connectivity index (χ1) is 45.9. The van der Waals surface area contributed by atoms with Crippen LogP contribution in [0.2, 0.25) is 0 Å². The maximum atomic E-state index is 13.1. The van der Waals surface area contributed by atoms with Crippen LogP contribution in [0.25, 0.3) is 0 Å². The molecule has 0 aromatic heterocycles. The number of unbranched alkanes of at least 4 members (excludes halogenated alkanes) is 35. The zero-order valence-electron chi connectivity index (χ0n) is 60.9. The number of aliphatic hydroxyl groups is 1. The Morgan fingerprint density at radius 2 is 0.568 bits per heavy atom. The van der Waals surface area contributed by atoms with Crippen molar-refractivity contribution in [2.24, 2.45) is 11.8 Å². The first kappa shape index (κ1) is 92.0. The SMILES string of the molecule is CCCCCC/C=C\C=C/CCCCCCCC(=O)OC[C@H](COP(=O)(O)OC[C@@H](O)COP(=O)(O)OC[C@@H](COC(=O)CCCCCCCCCCC(C)C)OC(=O)CCCCCCCCCCCCCC(C)C)OC(=O)CCCCCCC/C=C\C=C/CCCCCC. The Hall–Kier alpha value is -2.98. The van der Waals surface area contributed by atoms with Crippen molar-refractivity contribution in [1.82, 2.24) is 0 Å². The van der Waals surface area contributed by atoms with Gasteiger partial charge in [0.25, 0.3) is 0 Å². The molecule has 5 atom stereocenters. The van der Waals surface area contributed by atoms with Gasteiger partial charge in [-0.05, 0) is 88.9 Å². The van der Waals surface area contributed by atoms with Gasteiger partial charge in [0.2, 0.25) is 0 Å². The first-order valence-corrected chi connectivity index (χ1v) is 41.1. The Morgan fingerprint density at radius 3 is 0.853 bits per heavy atom. The van der Waals surface area contributed by atoms with E-state index in [9.17, 15) is 43.2 Å². The van der Waals surface area contributed by atoms with E-state index in [2.05, 4.69) is 90.2 Å². The standard InChI is InChI=1S/C76H140O17P2/c1-7-9-11-13-15-17-19-21-23-25-29-33-40-46-52-58-73(78)86-64-71(92-75(80)60-54-48-42-34-30-26-24-22-20-18-16-14-12-10-8-2)66-90-94(82,83)88-62-70(77)63-89-95(84,85)91-67-72(65-87-74(79)59-53-47-41-37-36-39-45-51-57-69(5)6)93-76(81)61-55-49-43-35-31-27-28-32-38-44-50-56-68(3)4/h17-24,68-72,77H,7-16,25-67H2,1-6H3,(H,82,83)(H,84,85)/b19-17-,20-18-,23-21-,24-22-/t70-,71-,72-/m1/s1. The minimum atomic E-state index is -4.97. The molecule has 0 aromatic carbocycles. The molecular weight excluding hydrogens is 1250 g/mol. The van der Waals surface area contributed by atoms with Crippen molar-refractivity contribution in [3.8, 4) is 0 Å². The highest BCUT2D eigenvalue weighted by Crippen LogP contribution is 2.45. The Bertz CT molecular complexity index is 2030. The lowest BCUT2D eigenvalue weighted by Gasteiger charge is -2.21. The van der Waals surface area contributed by atoms with Crippen molar-refractivity contribution >= 4 is 39.5 Å². The molecule has 0 amide bonds. The van der Waals surface area contributed by atoms with Crippen LogP contribution in [-0.2, 0) is 65.4 Å². The quantitative estimate of drug-likeness (QED) is 0.0169. The summed E-state index contributed by atoms with van der Waals surface area (Å²) in [5.41, 5.74) is 0. The summed E-state index contributed by atoms with van der Waals surface area (Å²) in [7, 11) is -9.94. The molecule has 0 aliphatic heterocycles. The number of carbonyl (C=O) groups excluding carboxylic acids is 4. The van der Waals surface area contributed by atoms with Crippen LogP contribution >= 0.6 is 15.6 Å². The Morgan fingerprint density at radius 1 is 0.326 bits per heavy atom. The highest BCUT2D eigenvalue weighted by atomic mass is 31.2.